The lowest BCUT2D eigenvalue weighted by atomic mass is 10.2. The van der Waals surface area contributed by atoms with Gasteiger partial charge < -0.3 is 10.1 Å². The predicted molar refractivity (Wildman–Crippen MR) is 107 cm³/mol. The summed E-state index contributed by atoms with van der Waals surface area (Å²) in [4.78, 5) is 11.7. The van der Waals surface area contributed by atoms with E-state index in [0.717, 1.165) is 29.3 Å². The summed E-state index contributed by atoms with van der Waals surface area (Å²) in [6.45, 7) is 6.44. The summed E-state index contributed by atoms with van der Waals surface area (Å²) in [5, 5.41) is 2.71. The SMILES string of the molecule is CC(C)(C)OC(=O)NCCCCCCNS(=O)(=O)c1ccc(I)cc1. The molecule has 25 heavy (non-hydrogen) atoms. The van der Waals surface area contributed by atoms with E-state index < -0.39 is 21.7 Å². The van der Waals surface area contributed by atoms with Crippen molar-refractivity contribution in [2.24, 2.45) is 0 Å². The number of unbranched alkanes of at least 4 members (excludes halogenated alkanes) is 3. The third kappa shape index (κ3) is 10.0. The molecule has 1 aromatic carbocycles. The Morgan fingerprint density at radius 3 is 2.16 bits per heavy atom. The second-order valence-corrected chi connectivity index (χ2v) is 9.71. The van der Waals surface area contributed by atoms with Gasteiger partial charge in [0.25, 0.3) is 0 Å². The van der Waals surface area contributed by atoms with Crippen molar-refractivity contribution in [3.05, 3.63) is 27.8 Å². The highest BCUT2D eigenvalue weighted by atomic mass is 127. The highest BCUT2D eigenvalue weighted by Gasteiger charge is 2.15. The van der Waals surface area contributed by atoms with E-state index in [9.17, 15) is 13.2 Å². The zero-order chi connectivity index (χ0) is 18.9. The van der Waals surface area contributed by atoms with E-state index in [0.29, 0.717) is 13.1 Å². The van der Waals surface area contributed by atoms with Crippen molar-refractivity contribution in [1.82, 2.24) is 10.0 Å². The van der Waals surface area contributed by atoms with Gasteiger partial charge in [-0.05, 0) is 80.5 Å². The van der Waals surface area contributed by atoms with Crippen LogP contribution in [0.25, 0.3) is 0 Å². The first kappa shape index (κ1) is 22.2. The molecule has 0 saturated heterocycles. The number of hydrogen-bond acceptors (Lipinski definition) is 4. The molecule has 2 N–H and O–H groups in total. The summed E-state index contributed by atoms with van der Waals surface area (Å²) in [6.07, 6.45) is 3.00. The van der Waals surface area contributed by atoms with Crippen molar-refractivity contribution in [2.75, 3.05) is 13.1 Å². The van der Waals surface area contributed by atoms with Gasteiger partial charge in [-0.3, -0.25) is 0 Å². The van der Waals surface area contributed by atoms with Crippen LogP contribution in [0.5, 0.6) is 0 Å². The van der Waals surface area contributed by atoms with Crippen molar-refractivity contribution in [2.45, 2.75) is 57.0 Å². The summed E-state index contributed by atoms with van der Waals surface area (Å²) < 4.78 is 32.9. The van der Waals surface area contributed by atoms with Gasteiger partial charge in [-0.25, -0.2) is 17.9 Å². The van der Waals surface area contributed by atoms with Gasteiger partial charge in [0.15, 0.2) is 0 Å². The Bertz CT molecular complexity index is 640. The van der Waals surface area contributed by atoms with E-state index in [2.05, 4.69) is 32.6 Å². The van der Waals surface area contributed by atoms with Gasteiger partial charge in [0, 0.05) is 16.7 Å². The van der Waals surface area contributed by atoms with E-state index in [1.807, 2.05) is 20.8 Å². The van der Waals surface area contributed by atoms with Gasteiger partial charge in [-0.2, -0.15) is 0 Å². The normalized spacial score (nSPS) is 12.0. The summed E-state index contributed by atoms with van der Waals surface area (Å²) in [5.41, 5.74) is -0.488. The number of hydrogen-bond donors (Lipinski definition) is 2. The lowest BCUT2D eigenvalue weighted by Gasteiger charge is -2.19. The van der Waals surface area contributed by atoms with Crippen LogP contribution in [0.3, 0.4) is 0 Å². The van der Waals surface area contributed by atoms with Crippen molar-refractivity contribution in [1.29, 1.82) is 0 Å². The summed E-state index contributed by atoms with van der Waals surface area (Å²) >= 11 is 2.14. The maximum Gasteiger partial charge on any atom is 0.407 e. The molecular formula is C17H27IN2O4S. The van der Waals surface area contributed by atoms with Crippen molar-refractivity contribution < 1.29 is 17.9 Å². The van der Waals surface area contributed by atoms with Gasteiger partial charge in [0.2, 0.25) is 10.0 Å². The van der Waals surface area contributed by atoms with E-state index in [1.54, 1.807) is 24.3 Å². The van der Waals surface area contributed by atoms with Crippen LogP contribution in [-0.2, 0) is 14.8 Å². The molecule has 8 heteroatoms. The van der Waals surface area contributed by atoms with Gasteiger partial charge >= 0.3 is 6.09 Å². The Morgan fingerprint density at radius 1 is 1.04 bits per heavy atom. The first-order chi connectivity index (χ1) is 11.6. The molecule has 0 bridgehead atoms. The fourth-order valence-electron chi connectivity index (χ4n) is 2.01. The minimum absolute atomic E-state index is 0.287. The molecule has 0 heterocycles. The number of halogens is 1. The van der Waals surface area contributed by atoms with E-state index in [1.165, 1.54) is 0 Å². The highest BCUT2D eigenvalue weighted by molar-refractivity contribution is 14.1. The number of benzene rings is 1. The Hall–Kier alpha value is -0.870. The molecule has 0 fully saturated rings. The number of ether oxygens (including phenoxy) is 1. The Kier molecular flexibility index (Phi) is 9.15. The molecule has 1 aromatic rings. The first-order valence-corrected chi connectivity index (χ1v) is 10.9. The van der Waals surface area contributed by atoms with Crippen LogP contribution in [0, 0.1) is 3.57 Å². The second-order valence-electron chi connectivity index (χ2n) is 6.69. The predicted octanol–water partition coefficient (Wildman–Crippen LogP) is 3.65. The van der Waals surface area contributed by atoms with E-state index in [-0.39, 0.29) is 4.90 Å². The van der Waals surface area contributed by atoms with Crippen LogP contribution in [0.1, 0.15) is 46.5 Å². The molecule has 0 atom stereocenters. The first-order valence-electron chi connectivity index (χ1n) is 8.32. The molecular weight excluding hydrogens is 455 g/mol. The number of carbonyl (C=O) groups excluding carboxylic acids is 1. The van der Waals surface area contributed by atoms with E-state index >= 15 is 0 Å². The third-order valence-electron chi connectivity index (χ3n) is 3.19. The maximum absolute atomic E-state index is 12.1. The van der Waals surface area contributed by atoms with Crippen LogP contribution in [0.15, 0.2) is 29.2 Å². The quantitative estimate of drug-likeness (QED) is 0.416. The third-order valence-corrected chi connectivity index (χ3v) is 5.38. The zero-order valence-corrected chi connectivity index (χ0v) is 17.9. The second kappa shape index (κ2) is 10.3. The average Bonchev–Trinajstić information content (AvgIpc) is 2.48. The van der Waals surface area contributed by atoms with E-state index in [4.69, 9.17) is 4.74 Å². The van der Waals surface area contributed by atoms with Crippen LogP contribution in [-0.4, -0.2) is 33.2 Å². The number of amides is 1. The highest BCUT2D eigenvalue weighted by Crippen LogP contribution is 2.12. The molecule has 0 saturated carbocycles. The Balaban J connectivity index is 2.12. The Labute approximate surface area is 164 Å². The molecule has 6 nitrogen and oxygen atoms in total. The molecule has 0 aliphatic carbocycles. The number of alkyl carbamates (subject to hydrolysis) is 1. The smallest absolute Gasteiger partial charge is 0.407 e. The molecule has 0 unspecified atom stereocenters. The van der Waals surface area contributed by atoms with Gasteiger partial charge in [-0.1, -0.05) is 12.8 Å². The minimum Gasteiger partial charge on any atom is -0.444 e. The summed E-state index contributed by atoms with van der Waals surface area (Å²) in [5.74, 6) is 0. The fourth-order valence-corrected chi connectivity index (χ4v) is 3.45. The number of sulfonamides is 1. The van der Waals surface area contributed by atoms with Crippen molar-refractivity contribution >= 4 is 38.7 Å². The molecule has 142 valence electrons. The number of carbonyl (C=O) groups is 1. The fraction of sp³-hybridized carbons (Fsp3) is 0.588. The van der Waals surface area contributed by atoms with Crippen molar-refractivity contribution in [3.8, 4) is 0 Å². The minimum atomic E-state index is -3.43. The molecule has 0 spiro atoms. The van der Waals surface area contributed by atoms with Gasteiger partial charge in [0.05, 0.1) is 4.90 Å². The largest absolute Gasteiger partial charge is 0.444 e. The molecule has 0 aliphatic heterocycles. The summed E-state index contributed by atoms with van der Waals surface area (Å²) in [7, 11) is -3.43. The molecule has 1 amide bonds. The molecule has 0 radical (unpaired) electrons. The van der Waals surface area contributed by atoms with Crippen LogP contribution in [0.2, 0.25) is 0 Å². The van der Waals surface area contributed by atoms with Crippen LogP contribution >= 0.6 is 22.6 Å². The molecule has 1 rings (SSSR count). The van der Waals surface area contributed by atoms with Crippen LogP contribution < -0.4 is 10.0 Å². The number of rotatable bonds is 9. The maximum atomic E-state index is 12.1. The van der Waals surface area contributed by atoms with Gasteiger partial charge in [-0.15, -0.1) is 0 Å². The topological polar surface area (TPSA) is 84.5 Å². The lowest BCUT2D eigenvalue weighted by Crippen LogP contribution is -2.33. The Morgan fingerprint density at radius 2 is 1.60 bits per heavy atom. The van der Waals surface area contributed by atoms with Crippen LogP contribution in [0.4, 0.5) is 4.79 Å². The van der Waals surface area contributed by atoms with Gasteiger partial charge in [0.1, 0.15) is 5.60 Å². The molecule has 0 aromatic heterocycles. The van der Waals surface area contributed by atoms with Crippen molar-refractivity contribution in [3.63, 3.8) is 0 Å². The average molecular weight is 482 g/mol. The summed E-state index contributed by atoms with van der Waals surface area (Å²) in [6, 6.07) is 6.75. The standard InChI is InChI=1S/C17H27IN2O4S/c1-17(2,3)24-16(21)19-12-6-4-5-7-13-20-25(22,23)15-10-8-14(18)9-11-15/h8-11,20H,4-7,12-13H2,1-3H3,(H,19,21). The molecule has 0 aliphatic rings. The zero-order valence-electron chi connectivity index (χ0n) is 15.0. The monoisotopic (exact) mass is 482 g/mol. The lowest BCUT2D eigenvalue weighted by molar-refractivity contribution is 0.0527. The number of nitrogens with one attached hydrogen (secondary N) is 2.